The molecule has 5 fully saturated rings. The second kappa shape index (κ2) is 8.79. The SMILES string of the molecule is CCC(=O)N1C[C@@H]2CN(C(=O)O[C@@H]3CC[C@]4(CO4)[C@@H]([C@@]4(C)O[C@@H]4CC=C(C)C)[C@@H]3OC)C[C@@H]2C1. The smallest absolute Gasteiger partial charge is 0.410 e. The minimum Gasteiger partial charge on any atom is -0.443 e. The van der Waals surface area contributed by atoms with Crippen LogP contribution in [0.1, 0.15) is 53.4 Å². The first-order valence-corrected chi connectivity index (χ1v) is 12.9. The Morgan fingerprint density at radius 2 is 1.76 bits per heavy atom. The van der Waals surface area contributed by atoms with Gasteiger partial charge in [0.25, 0.3) is 0 Å². The van der Waals surface area contributed by atoms with E-state index in [-0.39, 0.29) is 47.4 Å². The number of carbonyl (C=O) groups is 2. The van der Waals surface area contributed by atoms with E-state index in [2.05, 4.69) is 26.8 Å². The Morgan fingerprint density at radius 1 is 1.12 bits per heavy atom. The lowest BCUT2D eigenvalue weighted by Gasteiger charge is -2.43. The Hall–Kier alpha value is -1.64. The standard InChI is InChI=1S/C26H40N2O6/c1-6-21(29)27-11-17-13-28(14-18(17)12-27)24(30)33-19-9-10-26(15-32-26)23(22(19)31-5)25(4)20(34-25)8-7-16(2)3/h7,17-20,22-23H,6,8-15H2,1-5H3/t17-,18+,19-,20-,22-,23-,25+,26+/m1/s1. The molecule has 4 aliphatic heterocycles. The van der Waals surface area contributed by atoms with Crippen molar-refractivity contribution in [1.82, 2.24) is 9.80 Å². The molecule has 1 spiro atoms. The van der Waals surface area contributed by atoms with Crippen molar-refractivity contribution in [2.75, 3.05) is 39.9 Å². The number of methoxy groups -OCH3 is 1. The van der Waals surface area contributed by atoms with Gasteiger partial charge in [-0.05, 0) is 40.0 Å². The molecule has 4 saturated heterocycles. The van der Waals surface area contributed by atoms with Gasteiger partial charge in [0.15, 0.2) is 0 Å². The maximum Gasteiger partial charge on any atom is 0.410 e. The summed E-state index contributed by atoms with van der Waals surface area (Å²) >= 11 is 0. The zero-order valence-corrected chi connectivity index (χ0v) is 21.2. The highest BCUT2D eigenvalue weighted by atomic mass is 16.6. The summed E-state index contributed by atoms with van der Waals surface area (Å²) < 4.78 is 24.4. The third-order valence-corrected chi connectivity index (χ3v) is 8.89. The zero-order valence-electron chi connectivity index (χ0n) is 21.2. The molecule has 0 bridgehead atoms. The van der Waals surface area contributed by atoms with Gasteiger partial charge in [-0.25, -0.2) is 4.79 Å². The number of ether oxygens (including phenoxy) is 4. The highest BCUT2D eigenvalue weighted by Crippen LogP contribution is 2.59. The van der Waals surface area contributed by atoms with Crippen LogP contribution in [0, 0.1) is 17.8 Å². The minimum absolute atomic E-state index is 0.0266. The molecule has 0 unspecified atom stereocenters. The van der Waals surface area contributed by atoms with E-state index >= 15 is 0 Å². The van der Waals surface area contributed by atoms with Crippen molar-refractivity contribution >= 4 is 12.0 Å². The van der Waals surface area contributed by atoms with Crippen LogP contribution in [0.15, 0.2) is 11.6 Å². The number of likely N-dealkylation sites (tertiary alicyclic amines) is 2. The molecule has 34 heavy (non-hydrogen) atoms. The molecule has 0 aromatic rings. The van der Waals surface area contributed by atoms with Gasteiger partial charge in [0.05, 0.1) is 18.6 Å². The second-order valence-electron chi connectivity index (χ2n) is 11.4. The van der Waals surface area contributed by atoms with Crippen LogP contribution in [0.3, 0.4) is 0 Å². The largest absolute Gasteiger partial charge is 0.443 e. The molecule has 190 valence electrons. The van der Waals surface area contributed by atoms with Crippen LogP contribution in [-0.2, 0) is 23.7 Å². The van der Waals surface area contributed by atoms with Crippen molar-refractivity contribution in [1.29, 1.82) is 0 Å². The van der Waals surface area contributed by atoms with Crippen LogP contribution in [0.4, 0.5) is 4.79 Å². The molecule has 8 nitrogen and oxygen atoms in total. The average Bonchev–Trinajstić information content (AvgIpc) is 3.60. The van der Waals surface area contributed by atoms with E-state index in [1.807, 2.05) is 16.7 Å². The molecule has 1 saturated carbocycles. The van der Waals surface area contributed by atoms with Gasteiger partial charge in [-0.15, -0.1) is 0 Å². The van der Waals surface area contributed by atoms with E-state index in [9.17, 15) is 9.59 Å². The lowest BCUT2D eigenvalue weighted by Crippen LogP contribution is -2.56. The number of nitrogens with zero attached hydrogens (tertiary/aromatic N) is 2. The number of carbonyl (C=O) groups excluding carboxylic acids is 2. The molecular weight excluding hydrogens is 436 g/mol. The molecule has 8 heteroatoms. The Kier molecular flexibility index (Phi) is 6.22. The maximum absolute atomic E-state index is 13.2. The van der Waals surface area contributed by atoms with Crippen molar-refractivity contribution in [2.45, 2.75) is 82.9 Å². The van der Waals surface area contributed by atoms with Crippen molar-refractivity contribution in [3.63, 3.8) is 0 Å². The second-order valence-corrected chi connectivity index (χ2v) is 11.4. The predicted molar refractivity (Wildman–Crippen MR) is 125 cm³/mol. The molecule has 0 aromatic carbocycles. The van der Waals surface area contributed by atoms with Crippen molar-refractivity contribution in [3.05, 3.63) is 11.6 Å². The fraction of sp³-hybridized carbons (Fsp3) is 0.846. The number of allylic oxidation sites excluding steroid dienone is 1. The van der Waals surface area contributed by atoms with Gasteiger partial charge in [0.1, 0.15) is 23.4 Å². The maximum atomic E-state index is 13.2. The highest BCUT2D eigenvalue weighted by Gasteiger charge is 2.72. The van der Waals surface area contributed by atoms with Gasteiger partial charge < -0.3 is 28.7 Å². The molecule has 8 atom stereocenters. The molecule has 5 rings (SSSR count). The summed E-state index contributed by atoms with van der Waals surface area (Å²) in [5.41, 5.74) is 0.720. The molecule has 1 aliphatic carbocycles. The normalized spacial score (nSPS) is 42.5. The minimum atomic E-state index is -0.339. The summed E-state index contributed by atoms with van der Waals surface area (Å²) in [5.74, 6) is 0.921. The van der Waals surface area contributed by atoms with Crippen LogP contribution in [0.25, 0.3) is 0 Å². The predicted octanol–water partition coefficient (Wildman–Crippen LogP) is 3.00. The first-order chi connectivity index (χ1) is 16.2. The van der Waals surface area contributed by atoms with Crippen molar-refractivity contribution < 1.29 is 28.5 Å². The van der Waals surface area contributed by atoms with E-state index < -0.39 is 0 Å². The van der Waals surface area contributed by atoms with E-state index in [1.54, 1.807) is 7.11 Å². The van der Waals surface area contributed by atoms with Crippen LogP contribution < -0.4 is 0 Å². The number of epoxide rings is 2. The van der Waals surface area contributed by atoms with E-state index in [0.29, 0.717) is 31.3 Å². The topological polar surface area (TPSA) is 84.1 Å². The Balaban J connectivity index is 1.22. The average molecular weight is 477 g/mol. The molecule has 5 aliphatic rings. The Labute approximate surface area is 202 Å². The van der Waals surface area contributed by atoms with Crippen LogP contribution in [0.5, 0.6) is 0 Å². The van der Waals surface area contributed by atoms with Gasteiger partial charge in [-0.3, -0.25) is 4.79 Å². The summed E-state index contributed by atoms with van der Waals surface area (Å²) in [6.07, 6.45) is 4.51. The number of hydrogen-bond acceptors (Lipinski definition) is 6. The number of hydrogen-bond donors (Lipinski definition) is 0. The van der Waals surface area contributed by atoms with Gasteiger partial charge in [-0.2, -0.15) is 0 Å². The summed E-state index contributed by atoms with van der Waals surface area (Å²) in [7, 11) is 1.70. The molecule has 0 N–H and O–H groups in total. The summed E-state index contributed by atoms with van der Waals surface area (Å²) in [4.78, 5) is 29.0. The summed E-state index contributed by atoms with van der Waals surface area (Å²) in [6.45, 7) is 11.8. The quantitative estimate of drug-likeness (QED) is 0.433. The van der Waals surface area contributed by atoms with Crippen molar-refractivity contribution in [2.24, 2.45) is 17.8 Å². The molecule has 0 aromatic heterocycles. The highest BCUT2D eigenvalue weighted by molar-refractivity contribution is 5.76. The van der Waals surface area contributed by atoms with Gasteiger partial charge >= 0.3 is 6.09 Å². The summed E-state index contributed by atoms with van der Waals surface area (Å²) in [5, 5.41) is 0. The van der Waals surface area contributed by atoms with Crippen molar-refractivity contribution in [3.8, 4) is 0 Å². The molecule has 0 radical (unpaired) electrons. The first kappa shape index (κ1) is 24.1. The fourth-order valence-corrected chi connectivity index (χ4v) is 6.84. The zero-order chi connectivity index (χ0) is 24.3. The Bertz CT molecular complexity index is 838. The number of fused-ring (bicyclic) bond motifs is 1. The van der Waals surface area contributed by atoms with E-state index in [4.69, 9.17) is 18.9 Å². The molecule has 4 heterocycles. The van der Waals surface area contributed by atoms with Gasteiger partial charge in [0.2, 0.25) is 5.91 Å². The lowest BCUT2D eigenvalue weighted by molar-refractivity contribution is -0.130. The lowest BCUT2D eigenvalue weighted by atomic mass is 9.68. The summed E-state index contributed by atoms with van der Waals surface area (Å²) in [6, 6.07) is 0. The van der Waals surface area contributed by atoms with Gasteiger partial charge in [0, 0.05) is 51.5 Å². The first-order valence-electron chi connectivity index (χ1n) is 12.9. The third-order valence-electron chi connectivity index (χ3n) is 8.89. The Morgan fingerprint density at radius 3 is 2.32 bits per heavy atom. The number of amides is 2. The van der Waals surface area contributed by atoms with Gasteiger partial charge in [-0.1, -0.05) is 18.6 Å². The van der Waals surface area contributed by atoms with Crippen LogP contribution in [0.2, 0.25) is 0 Å². The van der Waals surface area contributed by atoms with E-state index in [1.165, 1.54) is 5.57 Å². The van der Waals surface area contributed by atoms with Crippen LogP contribution in [-0.4, -0.2) is 91.2 Å². The van der Waals surface area contributed by atoms with Crippen LogP contribution >= 0.6 is 0 Å². The molecular formula is C26H40N2O6. The molecule has 2 amide bonds. The monoisotopic (exact) mass is 476 g/mol. The fourth-order valence-electron chi connectivity index (χ4n) is 6.84. The number of rotatable bonds is 6. The van der Waals surface area contributed by atoms with E-state index in [0.717, 1.165) is 39.0 Å². The third kappa shape index (κ3) is 4.16.